The average molecular weight is 249 g/mol. The van der Waals surface area contributed by atoms with Crippen molar-refractivity contribution >= 4 is 12.1 Å². The van der Waals surface area contributed by atoms with E-state index >= 15 is 0 Å². The predicted octanol–water partition coefficient (Wildman–Crippen LogP) is 2.04. The number of hydrogen-bond donors (Lipinski definition) is 1. The maximum atomic E-state index is 11.4. The quantitative estimate of drug-likeness (QED) is 0.504. The van der Waals surface area contributed by atoms with Crippen molar-refractivity contribution in [2.24, 2.45) is 0 Å². The molecule has 1 aliphatic rings. The summed E-state index contributed by atoms with van der Waals surface area (Å²) in [7, 11) is 0. The topological polar surface area (TPSA) is 64.6 Å². The van der Waals surface area contributed by atoms with E-state index < -0.39 is 6.09 Å². The first-order valence-corrected chi connectivity index (χ1v) is 5.98. The van der Waals surface area contributed by atoms with Crippen molar-refractivity contribution in [3.05, 3.63) is 23.8 Å². The number of benzene rings is 1. The fourth-order valence-corrected chi connectivity index (χ4v) is 1.66. The summed E-state index contributed by atoms with van der Waals surface area (Å²) in [6.07, 6.45) is 1.71. The van der Waals surface area contributed by atoms with Crippen molar-refractivity contribution in [3.8, 4) is 11.5 Å². The Balaban J connectivity index is 1.92. The molecule has 2 rings (SSSR count). The summed E-state index contributed by atoms with van der Waals surface area (Å²) in [5.41, 5.74) is 0.818. The van der Waals surface area contributed by atoms with Gasteiger partial charge in [-0.25, -0.2) is 4.79 Å². The monoisotopic (exact) mass is 249 g/mol. The van der Waals surface area contributed by atoms with Crippen LogP contribution >= 0.6 is 0 Å². The number of hydrogen-bond acceptors (Lipinski definition) is 4. The van der Waals surface area contributed by atoms with Gasteiger partial charge in [-0.1, -0.05) is 19.4 Å². The van der Waals surface area contributed by atoms with E-state index in [1.807, 2.05) is 6.92 Å². The van der Waals surface area contributed by atoms with E-state index in [2.05, 4.69) is 5.32 Å². The molecule has 1 amide bonds. The lowest BCUT2D eigenvalue weighted by Crippen LogP contribution is -2.27. The number of fused-ring (bicyclic) bond motifs is 1. The summed E-state index contributed by atoms with van der Waals surface area (Å²) < 4.78 is 10.1. The van der Waals surface area contributed by atoms with Gasteiger partial charge in [-0.15, -0.1) is 0 Å². The smallest absolute Gasteiger partial charge is 0.412 e. The number of nitrogens with one attached hydrogen (secondary N) is 1. The van der Waals surface area contributed by atoms with Crippen molar-refractivity contribution in [1.82, 2.24) is 5.32 Å². The minimum absolute atomic E-state index is 0.276. The highest BCUT2D eigenvalue weighted by Gasteiger charge is 2.21. The molecule has 0 aromatic heterocycles. The minimum atomic E-state index is -0.493. The van der Waals surface area contributed by atoms with E-state index in [0.29, 0.717) is 18.0 Å². The van der Waals surface area contributed by atoms with Crippen LogP contribution in [-0.2, 0) is 11.2 Å². The molecular formula is C13H15NO4. The molecule has 0 saturated heterocycles. The summed E-state index contributed by atoms with van der Waals surface area (Å²) in [5.74, 6) is 0.561. The second-order valence-electron chi connectivity index (χ2n) is 4.09. The van der Waals surface area contributed by atoms with Crippen molar-refractivity contribution < 1.29 is 19.1 Å². The summed E-state index contributed by atoms with van der Waals surface area (Å²) in [5, 5.41) is 2.64. The Morgan fingerprint density at radius 2 is 2.33 bits per heavy atom. The van der Waals surface area contributed by atoms with Crippen LogP contribution < -0.4 is 14.8 Å². The molecule has 1 heterocycles. The zero-order valence-corrected chi connectivity index (χ0v) is 10.2. The van der Waals surface area contributed by atoms with Crippen molar-refractivity contribution in [2.75, 3.05) is 6.54 Å². The van der Waals surface area contributed by atoms with Crippen LogP contribution in [0.1, 0.15) is 25.3 Å². The number of amides is 1. The number of rotatable bonds is 4. The molecule has 18 heavy (non-hydrogen) atoms. The molecule has 0 fully saturated rings. The largest absolute Gasteiger partial charge is 0.426 e. The zero-order chi connectivity index (χ0) is 13.0. The molecule has 1 aliphatic heterocycles. The van der Waals surface area contributed by atoms with E-state index in [4.69, 9.17) is 9.47 Å². The van der Waals surface area contributed by atoms with E-state index in [-0.39, 0.29) is 12.4 Å². The van der Waals surface area contributed by atoms with Gasteiger partial charge in [0.2, 0.25) is 0 Å². The van der Waals surface area contributed by atoms with Crippen molar-refractivity contribution in [1.29, 1.82) is 0 Å². The van der Waals surface area contributed by atoms with Gasteiger partial charge >= 0.3 is 12.1 Å². The third-order valence-electron chi connectivity index (χ3n) is 2.61. The Bertz CT molecular complexity index is 470. The SMILES string of the molecule is CCCCNC(=O)Oc1ccc2c(c1)OC(=O)C2. The summed E-state index contributed by atoms with van der Waals surface area (Å²) >= 11 is 0. The minimum Gasteiger partial charge on any atom is -0.426 e. The van der Waals surface area contributed by atoms with Crippen LogP contribution in [0.2, 0.25) is 0 Å². The van der Waals surface area contributed by atoms with Crippen molar-refractivity contribution in [3.63, 3.8) is 0 Å². The molecule has 0 aliphatic carbocycles. The van der Waals surface area contributed by atoms with E-state index in [0.717, 1.165) is 18.4 Å². The fraction of sp³-hybridized carbons (Fsp3) is 0.385. The van der Waals surface area contributed by atoms with Gasteiger partial charge in [0.15, 0.2) is 0 Å². The predicted molar refractivity (Wildman–Crippen MR) is 64.7 cm³/mol. The Morgan fingerprint density at radius 1 is 1.50 bits per heavy atom. The Kier molecular flexibility index (Phi) is 3.82. The molecule has 0 unspecified atom stereocenters. The van der Waals surface area contributed by atoms with Gasteiger partial charge in [-0.05, 0) is 12.5 Å². The third kappa shape index (κ3) is 3.00. The molecule has 0 saturated carbocycles. The second kappa shape index (κ2) is 5.53. The number of carbonyl (C=O) groups excluding carboxylic acids is 2. The summed E-state index contributed by atoms with van der Waals surface area (Å²) in [6.45, 7) is 2.64. The molecule has 0 atom stereocenters. The molecule has 96 valence electrons. The van der Waals surface area contributed by atoms with Crippen LogP contribution in [0, 0.1) is 0 Å². The van der Waals surface area contributed by atoms with E-state index in [1.165, 1.54) is 0 Å². The van der Waals surface area contributed by atoms with Crippen LogP contribution in [0.3, 0.4) is 0 Å². The van der Waals surface area contributed by atoms with E-state index in [9.17, 15) is 9.59 Å². The van der Waals surface area contributed by atoms with Crippen molar-refractivity contribution in [2.45, 2.75) is 26.2 Å². The Morgan fingerprint density at radius 3 is 3.11 bits per heavy atom. The lowest BCUT2D eigenvalue weighted by molar-refractivity contribution is -0.131. The number of carbonyl (C=O) groups is 2. The third-order valence-corrected chi connectivity index (χ3v) is 2.61. The van der Waals surface area contributed by atoms with Gasteiger partial charge in [0.05, 0.1) is 6.42 Å². The van der Waals surface area contributed by atoms with Gasteiger partial charge in [0.1, 0.15) is 11.5 Å². The van der Waals surface area contributed by atoms with E-state index in [1.54, 1.807) is 18.2 Å². The van der Waals surface area contributed by atoms with Crippen LogP contribution in [0.25, 0.3) is 0 Å². The van der Waals surface area contributed by atoms with Crippen LogP contribution in [0.15, 0.2) is 18.2 Å². The summed E-state index contributed by atoms with van der Waals surface area (Å²) in [6, 6.07) is 4.94. The molecule has 0 radical (unpaired) electrons. The highest BCUT2D eigenvalue weighted by molar-refractivity contribution is 5.81. The normalized spacial score (nSPS) is 12.8. The number of esters is 1. The fourth-order valence-electron chi connectivity index (χ4n) is 1.66. The van der Waals surface area contributed by atoms with Crippen LogP contribution in [0.4, 0.5) is 4.79 Å². The molecule has 1 aromatic carbocycles. The number of unbranched alkanes of at least 4 members (excludes halogenated alkanes) is 1. The van der Waals surface area contributed by atoms with Gasteiger partial charge in [0, 0.05) is 18.2 Å². The lowest BCUT2D eigenvalue weighted by atomic mass is 10.2. The van der Waals surface area contributed by atoms with Crippen LogP contribution in [0.5, 0.6) is 11.5 Å². The average Bonchev–Trinajstić information content (AvgIpc) is 2.69. The molecule has 5 heteroatoms. The first-order chi connectivity index (χ1) is 8.69. The number of ether oxygens (including phenoxy) is 2. The van der Waals surface area contributed by atoms with Crippen LogP contribution in [-0.4, -0.2) is 18.6 Å². The highest BCUT2D eigenvalue weighted by Crippen LogP contribution is 2.30. The first-order valence-electron chi connectivity index (χ1n) is 5.98. The van der Waals surface area contributed by atoms with Gasteiger partial charge in [-0.2, -0.15) is 0 Å². The molecule has 0 spiro atoms. The molecular weight excluding hydrogens is 234 g/mol. The summed E-state index contributed by atoms with van der Waals surface area (Å²) in [4.78, 5) is 22.5. The molecule has 5 nitrogen and oxygen atoms in total. The molecule has 1 aromatic rings. The van der Waals surface area contributed by atoms with Gasteiger partial charge < -0.3 is 14.8 Å². The Hall–Kier alpha value is -2.04. The maximum Gasteiger partial charge on any atom is 0.412 e. The van der Waals surface area contributed by atoms with Gasteiger partial charge in [-0.3, -0.25) is 4.79 Å². The second-order valence-corrected chi connectivity index (χ2v) is 4.09. The maximum absolute atomic E-state index is 11.4. The van der Waals surface area contributed by atoms with Gasteiger partial charge in [0.25, 0.3) is 0 Å². The molecule has 1 N–H and O–H groups in total. The standard InChI is InChI=1S/C13H15NO4/c1-2-3-6-14-13(16)17-10-5-4-9-7-12(15)18-11(9)8-10/h4-5,8H,2-3,6-7H2,1H3,(H,14,16). The zero-order valence-electron chi connectivity index (χ0n) is 10.2. The lowest BCUT2D eigenvalue weighted by Gasteiger charge is -2.06. The molecule has 0 bridgehead atoms. The highest BCUT2D eigenvalue weighted by atomic mass is 16.6. The Labute approximate surface area is 105 Å². The first kappa shape index (κ1) is 12.4.